The summed E-state index contributed by atoms with van der Waals surface area (Å²) in [6.45, 7) is 5.36. The number of likely N-dealkylation sites (N-methyl/N-ethyl adjacent to an activating group) is 1. The zero-order chi connectivity index (χ0) is 13.7. The molecule has 1 heterocycles. The Hall–Kier alpha value is -0.870. The third-order valence-electron chi connectivity index (χ3n) is 4.62. The molecule has 0 amide bonds. The van der Waals surface area contributed by atoms with Gasteiger partial charge in [-0.1, -0.05) is 19.8 Å². The highest BCUT2D eigenvalue weighted by Crippen LogP contribution is 2.27. The maximum Gasteiger partial charge on any atom is 0.0492 e. The summed E-state index contributed by atoms with van der Waals surface area (Å²) in [6, 6.07) is 2.81. The number of nitrogens with zero attached hydrogens (tertiary/aromatic N) is 3. The van der Waals surface area contributed by atoms with Crippen LogP contribution in [0.2, 0.25) is 0 Å². The molecule has 4 heteroatoms. The van der Waals surface area contributed by atoms with Crippen molar-refractivity contribution in [1.29, 1.82) is 0 Å². The van der Waals surface area contributed by atoms with Crippen LogP contribution < -0.4 is 5.73 Å². The Morgan fingerprint density at radius 1 is 1.42 bits per heavy atom. The van der Waals surface area contributed by atoms with Crippen LogP contribution in [0, 0.1) is 5.92 Å². The molecular weight excluding hydrogens is 236 g/mol. The van der Waals surface area contributed by atoms with Gasteiger partial charge in [0.2, 0.25) is 0 Å². The summed E-state index contributed by atoms with van der Waals surface area (Å²) < 4.78 is 1.98. The Labute approximate surface area is 117 Å². The van der Waals surface area contributed by atoms with Crippen molar-refractivity contribution >= 4 is 0 Å². The lowest BCUT2D eigenvalue weighted by Crippen LogP contribution is -2.45. The molecule has 0 bridgehead atoms. The molecule has 4 nitrogen and oxygen atoms in total. The zero-order valence-electron chi connectivity index (χ0n) is 12.4. The summed E-state index contributed by atoms with van der Waals surface area (Å²) in [5, 5.41) is 4.24. The first-order valence-corrected chi connectivity index (χ1v) is 7.67. The Balaban J connectivity index is 1.93. The minimum Gasteiger partial charge on any atom is -0.330 e. The van der Waals surface area contributed by atoms with E-state index in [0.29, 0.717) is 12.0 Å². The average molecular weight is 264 g/mol. The molecule has 0 radical (unpaired) electrons. The summed E-state index contributed by atoms with van der Waals surface area (Å²) in [5.41, 5.74) is 7.28. The highest BCUT2D eigenvalue weighted by Gasteiger charge is 2.28. The monoisotopic (exact) mass is 264 g/mol. The highest BCUT2D eigenvalue weighted by molar-refractivity contribution is 5.00. The molecule has 2 atom stereocenters. The topological polar surface area (TPSA) is 47.1 Å². The molecule has 1 saturated carbocycles. The van der Waals surface area contributed by atoms with Gasteiger partial charge in [0.1, 0.15) is 0 Å². The lowest BCUT2D eigenvalue weighted by molar-refractivity contribution is 0.113. The van der Waals surface area contributed by atoms with Gasteiger partial charge in [0.05, 0.1) is 0 Å². The van der Waals surface area contributed by atoms with Crippen molar-refractivity contribution in [2.75, 3.05) is 19.6 Å². The highest BCUT2D eigenvalue weighted by atomic mass is 15.3. The molecule has 0 aliphatic heterocycles. The van der Waals surface area contributed by atoms with E-state index in [-0.39, 0.29) is 0 Å². The van der Waals surface area contributed by atoms with Gasteiger partial charge in [-0.3, -0.25) is 9.58 Å². The first-order valence-electron chi connectivity index (χ1n) is 7.67. The lowest BCUT2D eigenvalue weighted by Gasteiger charge is -2.39. The Morgan fingerprint density at radius 2 is 2.21 bits per heavy atom. The van der Waals surface area contributed by atoms with E-state index in [1.54, 1.807) is 0 Å². The van der Waals surface area contributed by atoms with Crippen LogP contribution in [0.5, 0.6) is 0 Å². The Kier molecular flexibility index (Phi) is 5.40. The van der Waals surface area contributed by atoms with Crippen LogP contribution in [-0.4, -0.2) is 40.4 Å². The average Bonchev–Trinajstić information content (AvgIpc) is 2.85. The predicted octanol–water partition coefficient (Wildman–Crippen LogP) is 1.80. The van der Waals surface area contributed by atoms with Crippen LogP contribution in [0.4, 0.5) is 0 Å². The standard InChI is InChI=1S/C15H28N4/c1-3-19(11-9-14-8-10-17-18(14)2)15-7-5-4-6-13(15)12-16/h8,10,13,15H,3-7,9,11-12,16H2,1-2H3. The molecule has 1 aliphatic rings. The predicted molar refractivity (Wildman–Crippen MR) is 79.0 cm³/mol. The number of aryl methyl sites for hydroxylation is 1. The number of aromatic nitrogens is 2. The molecule has 19 heavy (non-hydrogen) atoms. The lowest BCUT2D eigenvalue weighted by atomic mass is 9.83. The van der Waals surface area contributed by atoms with Crippen molar-refractivity contribution in [3.63, 3.8) is 0 Å². The molecule has 1 fully saturated rings. The van der Waals surface area contributed by atoms with Gasteiger partial charge in [-0.25, -0.2) is 0 Å². The number of nitrogens with two attached hydrogens (primary N) is 1. The summed E-state index contributed by atoms with van der Waals surface area (Å²) in [5.74, 6) is 0.695. The van der Waals surface area contributed by atoms with E-state index < -0.39 is 0 Å². The van der Waals surface area contributed by atoms with Crippen molar-refractivity contribution in [3.8, 4) is 0 Å². The largest absolute Gasteiger partial charge is 0.330 e. The Bertz CT molecular complexity index is 374. The second-order valence-corrected chi connectivity index (χ2v) is 5.67. The smallest absolute Gasteiger partial charge is 0.0492 e. The second-order valence-electron chi connectivity index (χ2n) is 5.67. The molecule has 0 spiro atoms. The zero-order valence-corrected chi connectivity index (χ0v) is 12.4. The van der Waals surface area contributed by atoms with Crippen molar-refractivity contribution in [2.24, 2.45) is 18.7 Å². The first-order chi connectivity index (χ1) is 9.26. The van der Waals surface area contributed by atoms with E-state index in [1.165, 1.54) is 31.4 Å². The van der Waals surface area contributed by atoms with E-state index in [4.69, 9.17) is 5.73 Å². The number of hydrogen-bond acceptors (Lipinski definition) is 3. The number of rotatable bonds is 6. The van der Waals surface area contributed by atoms with Gasteiger partial charge < -0.3 is 5.73 Å². The summed E-state index contributed by atoms with van der Waals surface area (Å²) in [4.78, 5) is 2.63. The SMILES string of the molecule is CCN(CCc1ccnn1C)C1CCCCC1CN. The van der Waals surface area contributed by atoms with Gasteiger partial charge in [-0.05, 0) is 37.9 Å². The van der Waals surface area contributed by atoms with E-state index in [1.807, 2.05) is 17.9 Å². The van der Waals surface area contributed by atoms with Gasteiger partial charge in [0, 0.05) is 37.9 Å². The summed E-state index contributed by atoms with van der Waals surface area (Å²) >= 11 is 0. The minimum absolute atomic E-state index is 0.692. The van der Waals surface area contributed by atoms with Gasteiger partial charge in [-0.15, -0.1) is 0 Å². The second kappa shape index (κ2) is 7.06. The van der Waals surface area contributed by atoms with Crippen molar-refractivity contribution in [2.45, 2.75) is 45.1 Å². The Morgan fingerprint density at radius 3 is 2.84 bits per heavy atom. The van der Waals surface area contributed by atoms with E-state index in [0.717, 1.165) is 26.1 Å². The van der Waals surface area contributed by atoms with Crippen LogP contribution in [-0.2, 0) is 13.5 Å². The molecule has 1 aromatic rings. The van der Waals surface area contributed by atoms with Crippen LogP contribution in [0.3, 0.4) is 0 Å². The first kappa shape index (κ1) is 14.5. The maximum absolute atomic E-state index is 5.96. The normalized spacial score (nSPS) is 24.0. The van der Waals surface area contributed by atoms with Gasteiger partial charge in [0.25, 0.3) is 0 Å². The van der Waals surface area contributed by atoms with Crippen LogP contribution in [0.25, 0.3) is 0 Å². The quantitative estimate of drug-likeness (QED) is 0.852. The fourth-order valence-electron chi connectivity index (χ4n) is 3.41. The molecule has 1 aliphatic carbocycles. The van der Waals surface area contributed by atoms with Crippen molar-refractivity contribution in [3.05, 3.63) is 18.0 Å². The van der Waals surface area contributed by atoms with Gasteiger partial charge in [-0.2, -0.15) is 5.10 Å². The van der Waals surface area contributed by atoms with Crippen molar-refractivity contribution in [1.82, 2.24) is 14.7 Å². The third-order valence-corrected chi connectivity index (χ3v) is 4.62. The molecular formula is C15H28N4. The molecule has 1 aromatic heterocycles. The van der Waals surface area contributed by atoms with E-state index >= 15 is 0 Å². The van der Waals surface area contributed by atoms with E-state index in [2.05, 4.69) is 23.0 Å². The fourth-order valence-corrected chi connectivity index (χ4v) is 3.41. The molecule has 0 saturated heterocycles. The number of hydrogen-bond donors (Lipinski definition) is 1. The van der Waals surface area contributed by atoms with Crippen LogP contribution in [0.1, 0.15) is 38.3 Å². The molecule has 2 rings (SSSR count). The fraction of sp³-hybridized carbons (Fsp3) is 0.800. The van der Waals surface area contributed by atoms with Crippen molar-refractivity contribution < 1.29 is 0 Å². The minimum atomic E-state index is 0.692. The maximum atomic E-state index is 5.96. The van der Waals surface area contributed by atoms with Gasteiger partial charge in [0.15, 0.2) is 0 Å². The van der Waals surface area contributed by atoms with Gasteiger partial charge >= 0.3 is 0 Å². The summed E-state index contributed by atoms with van der Waals surface area (Å²) in [6.07, 6.45) is 8.32. The molecule has 2 N–H and O–H groups in total. The third kappa shape index (κ3) is 3.57. The van der Waals surface area contributed by atoms with E-state index in [9.17, 15) is 0 Å². The molecule has 0 aromatic carbocycles. The molecule has 108 valence electrons. The van der Waals surface area contributed by atoms with Crippen LogP contribution in [0.15, 0.2) is 12.3 Å². The summed E-state index contributed by atoms with van der Waals surface area (Å²) in [7, 11) is 2.02. The molecule has 2 unspecified atom stereocenters. The van der Waals surface area contributed by atoms with Crippen LogP contribution >= 0.6 is 0 Å².